The SMILES string of the molecule is CN=C(NCc1coc(-c2ccc(C)cc2)n1)NC1CCOc2ccccc21.I. The van der Waals surface area contributed by atoms with Crippen molar-refractivity contribution in [3.05, 3.63) is 71.6 Å². The van der Waals surface area contributed by atoms with Crippen molar-refractivity contribution >= 4 is 29.9 Å². The molecule has 0 bridgehead atoms. The second kappa shape index (κ2) is 9.78. The van der Waals surface area contributed by atoms with Gasteiger partial charge in [-0.05, 0) is 25.1 Å². The highest BCUT2D eigenvalue weighted by Gasteiger charge is 2.21. The van der Waals surface area contributed by atoms with Crippen molar-refractivity contribution in [2.75, 3.05) is 13.7 Å². The molecular weight excluding hydrogens is 479 g/mol. The highest BCUT2D eigenvalue weighted by Crippen LogP contribution is 2.31. The van der Waals surface area contributed by atoms with Crippen molar-refractivity contribution in [1.82, 2.24) is 15.6 Å². The molecule has 29 heavy (non-hydrogen) atoms. The van der Waals surface area contributed by atoms with Gasteiger partial charge < -0.3 is 19.8 Å². The van der Waals surface area contributed by atoms with Crippen LogP contribution in [0.25, 0.3) is 11.5 Å². The van der Waals surface area contributed by atoms with Gasteiger partial charge in [0, 0.05) is 24.6 Å². The number of aryl methyl sites for hydroxylation is 1. The van der Waals surface area contributed by atoms with E-state index in [4.69, 9.17) is 9.15 Å². The molecule has 2 heterocycles. The number of rotatable bonds is 4. The second-order valence-electron chi connectivity index (χ2n) is 6.81. The number of halogens is 1. The molecule has 1 unspecified atom stereocenters. The van der Waals surface area contributed by atoms with Crippen LogP contribution in [0.5, 0.6) is 5.75 Å². The third-order valence-electron chi connectivity index (χ3n) is 4.78. The zero-order chi connectivity index (χ0) is 19.3. The zero-order valence-corrected chi connectivity index (χ0v) is 18.8. The molecule has 0 saturated heterocycles. The van der Waals surface area contributed by atoms with Crippen molar-refractivity contribution in [2.45, 2.75) is 25.9 Å². The van der Waals surface area contributed by atoms with E-state index >= 15 is 0 Å². The molecule has 2 N–H and O–H groups in total. The quantitative estimate of drug-likeness (QED) is 0.312. The maximum absolute atomic E-state index is 5.73. The molecule has 0 fully saturated rings. The molecule has 0 amide bonds. The van der Waals surface area contributed by atoms with E-state index in [1.807, 2.05) is 30.3 Å². The summed E-state index contributed by atoms with van der Waals surface area (Å²) in [5, 5.41) is 6.79. The minimum absolute atomic E-state index is 0. The van der Waals surface area contributed by atoms with Crippen molar-refractivity contribution in [1.29, 1.82) is 0 Å². The number of fused-ring (bicyclic) bond motifs is 1. The number of guanidine groups is 1. The molecule has 1 aliphatic heterocycles. The molecule has 1 aromatic heterocycles. The van der Waals surface area contributed by atoms with E-state index < -0.39 is 0 Å². The van der Waals surface area contributed by atoms with Gasteiger partial charge >= 0.3 is 0 Å². The van der Waals surface area contributed by atoms with Gasteiger partial charge in [-0.25, -0.2) is 4.98 Å². The lowest BCUT2D eigenvalue weighted by molar-refractivity contribution is 0.261. The summed E-state index contributed by atoms with van der Waals surface area (Å²) < 4.78 is 11.4. The molecule has 0 spiro atoms. The molecule has 0 radical (unpaired) electrons. The fourth-order valence-corrected chi connectivity index (χ4v) is 3.24. The number of aliphatic imine (C=N–C) groups is 1. The fraction of sp³-hybridized carbons (Fsp3) is 0.273. The molecule has 3 aromatic rings. The number of ether oxygens (including phenoxy) is 1. The summed E-state index contributed by atoms with van der Waals surface area (Å²) >= 11 is 0. The lowest BCUT2D eigenvalue weighted by Gasteiger charge is -2.27. The fourth-order valence-electron chi connectivity index (χ4n) is 3.24. The van der Waals surface area contributed by atoms with Gasteiger partial charge in [-0.15, -0.1) is 24.0 Å². The van der Waals surface area contributed by atoms with Crippen LogP contribution in [0.4, 0.5) is 0 Å². The predicted octanol–water partition coefficient (Wildman–Crippen LogP) is 4.46. The van der Waals surface area contributed by atoms with Crippen LogP contribution in [-0.4, -0.2) is 24.6 Å². The number of oxazole rings is 1. The molecule has 2 aromatic carbocycles. The van der Waals surface area contributed by atoms with E-state index in [0.717, 1.165) is 35.0 Å². The average molecular weight is 504 g/mol. The van der Waals surface area contributed by atoms with Crippen LogP contribution in [0.15, 0.2) is 64.2 Å². The largest absolute Gasteiger partial charge is 0.493 e. The Morgan fingerprint density at radius 3 is 2.76 bits per heavy atom. The highest BCUT2D eigenvalue weighted by molar-refractivity contribution is 14.0. The van der Waals surface area contributed by atoms with Crippen molar-refractivity contribution in [3.63, 3.8) is 0 Å². The van der Waals surface area contributed by atoms with Gasteiger partial charge in [-0.2, -0.15) is 0 Å². The third-order valence-corrected chi connectivity index (χ3v) is 4.78. The first-order valence-electron chi connectivity index (χ1n) is 9.43. The molecule has 0 saturated carbocycles. The van der Waals surface area contributed by atoms with Gasteiger partial charge in [0.1, 0.15) is 12.0 Å². The van der Waals surface area contributed by atoms with Crippen LogP contribution in [0.3, 0.4) is 0 Å². The maximum Gasteiger partial charge on any atom is 0.226 e. The Labute approximate surface area is 187 Å². The van der Waals surface area contributed by atoms with E-state index in [2.05, 4.69) is 45.7 Å². The summed E-state index contributed by atoms with van der Waals surface area (Å²) in [6, 6.07) is 16.4. The summed E-state index contributed by atoms with van der Waals surface area (Å²) in [5.41, 5.74) is 4.16. The van der Waals surface area contributed by atoms with Gasteiger partial charge in [0.05, 0.1) is 24.9 Å². The average Bonchev–Trinajstić information content (AvgIpc) is 3.21. The molecule has 7 heteroatoms. The summed E-state index contributed by atoms with van der Waals surface area (Å²) in [7, 11) is 1.76. The number of hydrogen-bond acceptors (Lipinski definition) is 4. The second-order valence-corrected chi connectivity index (χ2v) is 6.81. The van der Waals surface area contributed by atoms with Gasteiger partial charge in [0.2, 0.25) is 5.89 Å². The number of aromatic nitrogens is 1. The first kappa shape index (κ1) is 21.2. The Morgan fingerprint density at radius 2 is 1.97 bits per heavy atom. The topological polar surface area (TPSA) is 71.7 Å². The van der Waals surface area contributed by atoms with E-state index in [1.54, 1.807) is 13.3 Å². The lowest BCUT2D eigenvalue weighted by Crippen LogP contribution is -2.40. The van der Waals surface area contributed by atoms with Crippen LogP contribution in [-0.2, 0) is 6.54 Å². The Hall–Kier alpha value is -2.55. The maximum atomic E-state index is 5.73. The lowest BCUT2D eigenvalue weighted by atomic mass is 10.0. The van der Waals surface area contributed by atoms with Crippen LogP contribution in [0.2, 0.25) is 0 Å². The summed E-state index contributed by atoms with van der Waals surface area (Å²) in [4.78, 5) is 8.91. The summed E-state index contributed by atoms with van der Waals surface area (Å²) in [6.45, 7) is 3.28. The summed E-state index contributed by atoms with van der Waals surface area (Å²) in [6.07, 6.45) is 2.57. The molecule has 1 aliphatic rings. The van der Waals surface area contributed by atoms with Crippen LogP contribution < -0.4 is 15.4 Å². The minimum Gasteiger partial charge on any atom is -0.493 e. The molecule has 6 nitrogen and oxygen atoms in total. The first-order chi connectivity index (χ1) is 13.7. The normalized spacial score (nSPS) is 15.7. The van der Waals surface area contributed by atoms with Gasteiger partial charge in [0.15, 0.2) is 5.96 Å². The monoisotopic (exact) mass is 504 g/mol. The number of benzene rings is 2. The highest BCUT2D eigenvalue weighted by atomic mass is 127. The predicted molar refractivity (Wildman–Crippen MR) is 125 cm³/mol. The van der Waals surface area contributed by atoms with Gasteiger partial charge in [-0.3, -0.25) is 4.99 Å². The minimum atomic E-state index is 0. The van der Waals surface area contributed by atoms with Gasteiger partial charge in [0.25, 0.3) is 0 Å². The first-order valence-corrected chi connectivity index (χ1v) is 9.43. The zero-order valence-electron chi connectivity index (χ0n) is 16.5. The summed E-state index contributed by atoms with van der Waals surface area (Å²) in [5.74, 6) is 2.28. The van der Waals surface area contributed by atoms with Crippen molar-refractivity contribution in [3.8, 4) is 17.2 Å². The Kier molecular flexibility index (Phi) is 7.13. The third kappa shape index (κ3) is 5.09. The molecule has 4 rings (SSSR count). The smallest absolute Gasteiger partial charge is 0.226 e. The number of nitrogens with zero attached hydrogens (tertiary/aromatic N) is 2. The van der Waals surface area contributed by atoms with Crippen LogP contribution >= 0.6 is 24.0 Å². The van der Waals surface area contributed by atoms with Crippen LogP contribution in [0, 0.1) is 6.92 Å². The molecular formula is C22H25IN4O2. The number of para-hydroxylation sites is 1. The van der Waals surface area contributed by atoms with Crippen molar-refractivity contribution < 1.29 is 9.15 Å². The van der Waals surface area contributed by atoms with E-state index in [0.29, 0.717) is 19.0 Å². The molecule has 1 atom stereocenters. The van der Waals surface area contributed by atoms with Crippen LogP contribution in [0.1, 0.15) is 29.3 Å². The Morgan fingerprint density at radius 1 is 1.17 bits per heavy atom. The van der Waals surface area contributed by atoms with Gasteiger partial charge in [-0.1, -0.05) is 35.9 Å². The standard InChI is InChI=1S/C22H24N4O2.HI/c1-15-7-9-16(10-8-15)21-25-17(14-28-21)13-24-22(23-2)26-19-11-12-27-20-6-4-3-5-18(19)20;/h3-10,14,19H,11-13H2,1-2H3,(H2,23,24,26);1H. The Balaban J connectivity index is 0.00000240. The van der Waals surface area contributed by atoms with E-state index in [1.165, 1.54) is 5.56 Å². The van der Waals surface area contributed by atoms with E-state index in [-0.39, 0.29) is 30.0 Å². The molecule has 152 valence electrons. The molecule has 0 aliphatic carbocycles. The van der Waals surface area contributed by atoms with E-state index in [9.17, 15) is 0 Å². The van der Waals surface area contributed by atoms with Crippen molar-refractivity contribution in [2.24, 2.45) is 4.99 Å². The number of nitrogens with one attached hydrogen (secondary N) is 2. The number of hydrogen-bond donors (Lipinski definition) is 2. The Bertz CT molecular complexity index is 969.